The zero-order valence-electron chi connectivity index (χ0n) is 34.7. The first-order chi connectivity index (χ1) is 31.7. The van der Waals surface area contributed by atoms with Crippen molar-refractivity contribution in [3.8, 4) is 67.5 Å². The van der Waals surface area contributed by atoms with Gasteiger partial charge in [-0.15, -0.1) is 0 Å². The van der Waals surface area contributed by atoms with Crippen LogP contribution in [0.1, 0.15) is 0 Å². The van der Waals surface area contributed by atoms with Crippen molar-refractivity contribution in [2.75, 3.05) is 0 Å². The summed E-state index contributed by atoms with van der Waals surface area (Å²) in [6, 6.07) is 80.8. The van der Waals surface area contributed by atoms with Gasteiger partial charge < -0.3 is 0 Å². The molecule has 0 fully saturated rings. The highest BCUT2D eigenvalue weighted by atomic mass is 15.0. The second-order valence-electron chi connectivity index (χ2n) is 16.7. The molecule has 1 aromatic heterocycles. The lowest BCUT2D eigenvalue weighted by molar-refractivity contribution is 1.07. The molecule has 0 atom stereocenters. The first-order valence-corrected chi connectivity index (χ1v) is 21.8. The normalized spacial score (nSPS) is 11.8. The molecule has 12 aromatic carbocycles. The van der Waals surface area contributed by atoms with Crippen molar-refractivity contribution in [1.29, 1.82) is 0 Å². The largest absolute Gasteiger partial charge is 0.208 e. The van der Waals surface area contributed by atoms with Gasteiger partial charge in [-0.25, -0.2) is 15.0 Å². The first kappa shape index (κ1) is 36.2. The summed E-state index contributed by atoms with van der Waals surface area (Å²) in [5.41, 5.74) is 9.75. The third-order valence-electron chi connectivity index (χ3n) is 13.0. The van der Waals surface area contributed by atoms with Gasteiger partial charge in [0.05, 0.1) is 0 Å². The van der Waals surface area contributed by atoms with E-state index < -0.39 is 0 Å². The molecule has 0 aliphatic carbocycles. The highest BCUT2D eigenvalue weighted by molar-refractivity contribution is 6.37. The highest BCUT2D eigenvalue weighted by Gasteiger charge is 2.17. The molecule has 3 heteroatoms. The minimum atomic E-state index is 0.637. The van der Waals surface area contributed by atoms with Crippen LogP contribution in [0, 0.1) is 0 Å². The lowest BCUT2D eigenvalue weighted by Gasteiger charge is -2.17. The van der Waals surface area contributed by atoms with Crippen molar-refractivity contribution in [3.05, 3.63) is 224 Å². The molecule has 3 nitrogen and oxygen atoms in total. The van der Waals surface area contributed by atoms with E-state index in [0.717, 1.165) is 38.9 Å². The van der Waals surface area contributed by atoms with Crippen LogP contribution in [0.3, 0.4) is 0 Å². The van der Waals surface area contributed by atoms with E-state index in [4.69, 9.17) is 15.0 Å². The van der Waals surface area contributed by atoms with E-state index in [9.17, 15) is 0 Å². The summed E-state index contributed by atoms with van der Waals surface area (Å²) in [5.74, 6) is 1.92. The third-order valence-corrected chi connectivity index (χ3v) is 13.0. The summed E-state index contributed by atoms with van der Waals surface area (Å²) in [7, 11) is 0. The Bertz CT molecular complexity index is 3910. The maximum Gasteiger partial charge on any atom is 0.164 e. The molecule has 0 amide bonds. The predicted octanol–water partition coefficient (Wildman–Crippen LogP) is 16.2. The standard InChI is InChI=1S/C61H37N3/c1-3-11-38(12-4-1)47-18-7-19-49(35-47)61-63-59(45-13-5-2-6-14-45)62-60(64-61)46-32-27-40(28-33-46)39-23-25-41(26-24-39)50-36-48-34-31-44-16-9-21-52-51-20-8-15-42-29-30-43-17-10-22-53(57(43)55(42)51)54(37-50)58(48)56(44)52/h1-37H. The SMILES string of the molecule is c1ccc(-c2cccc(-c3nc(-c4ccccc4)nc(-c4ccc(-c5ccc(-c6cc7ccc8cccc9c%10cccc%11ccc%12cccc(c(c6)c7c89)c%12c%11%10)cc5)cc4)n3)c2)cc1. The van der Waals surface area contributed by atoms with Crippen LogP contribution in [0.4, 0.5) is 0 Å². The summed E-state index contributed by atoms with van der Waals surface area (Å²) in [5, 5.41) is 15.5. The molecule has 0 saturated heterocycles. The average Bonchev–Trinajstić information content (AvgIpc) is 3.37. The van der Waals surface area contributed by atoms with Crippen LogP contribution in [0.25, 0.3) is 132 Å². The van der Waals surface area contributed by atoms with E-state index in [1.54, 1.807) is 0 Å². The van der Waals surface area contributed by atoms with Gasteiger partial charge in [0.15, 0.2) is 17.5 Å². The predicted molar refractivity (Wildman–Crippen MR) is 269 cm³/mol. The summed E-state index contributed by atoms with van der Waals surface area (Å²) >= 11 is 0. The van der Waals surface area contributed by atoms with Gasteiger partial charge >= 0.3 is 0 Å². The number of nitrogens with zero attached hydrogens (tertiary/aromatic N) is 3. The molecular weight excluding hydrogens is 775 g/mol. The van der Waals surface area contributed by atoms with Gasteiger partial charge in [0, 0.05) is 16.7 Å². The third kappa shape index (κ3) is 5.94. The van der Waals surface area contributed by atoms with Crippen LogP contribution < -0.4 is 0 Å². The Labute approximate surface area is 370 Å². The fourth-order valence-corrected chi connectivity index (χ4v) is 9.94. The van der Waals surface area contributed by atoms with Gasteiger partial charge in [-0.1, -0.05) is 206 Å². The van der Waals surface area contributed by atoms with E-state index in [1.165, 1.54) is 75.8 Å². The van der Waals surface area contributed by atoms with Crippen LogP contribution >= 0.6 is 0 Å². The Morgan fingerprint density at radius 1 is 0.188 bits per heavy atom. The Hall–Kier alpha value is -8.53. The zero-order chi connectivity index (χ0) is 42.1. The summed E-state index contributed by atoms with van der Waals surface area (Å²) in [4.78, 5) is 15.1. The fourth-order valence-electron chi connectivity index (χ4n) is 9.94. The smallest absolute Gasteiger partial charge is 0.164 e. The minimum absolute atomic E-state index is 0.637. The van der Waals surface area contributed by atoms with E-state index in [2.05, 4.69) is 188 Å². The molecule has 0 unspecified atom stereocenters. The summed E-state index contributed by atoms with van der Waals surface area (Å²) in [6.45, 7) is 0. The highest BCUT2D eigenvalue weighted by Crippen LogP contribution is 2.44. The van der Waals surface area contributed by atoms with E-state index in [1.807, 2.05) is 36.4 Å². The van der Waals surface area contributed by atoms with Crippen LogP contribution in [0.5, 0.6) is 0 Å². The van der Waals surface area contributed by atoms with Crippen molar-refractivity contribution in [2.24, 2.45) is 0 Å². The maximum absolute atomic E-state index is 5.06. The Balaban J connectivity index is 0.894. The van der Waals surface area contributed by atoms with Gasteiger partial charge in [-0.05, 0) is 116 Å². The van der Waals surface area contributed by atoms with Gasteiger partial charge in [0.1, 0.15) is 0 Å². The summed E-state index contributed by atoms with van der Waals surface area (Å²) in [6.07, 6.45) is 0. The van der Waals surface area contributed by atoms with Crippen LogP contribution in [0.15, 0.2) is 224 Å². The Morgan fingerprint density at radius 3 is 1.09 bits per heavy atom. The average molecular weight is 812 g/mol. The molecule has 0 N–H and O–H groups in total. The monoisotopic (exact) mass is 811 g/mol. The minimum Gasteiger partial charge on any atom is -0.208 e. The molecule has 296 valence electrons. The van der Waals surface area contributed by atoms with Crippen molar-refractivity contribution in [2.45, 2.75) is 0 Å². The Morgan fingerprint density at radius 2 is 0.547 bits per heavy atom. The fraction of sp³-hybridized carbons (Fsp3) is 0. The quantitative estimate of drug-likeness (QED) is 0.157. The lowest BCUT2D eigenvalue weighted by Crippen LogP contribution is -2.00. The molecule has 0 saturated carbocycles. The number of hydrogen-bond donors (Lipinski definition) is 0. The van der Waals surface area contributed by atoms with Crippen molar-refractivity contribution < 1.29 is 0 Å². The topological polar surface area (TPSA) is 38.7 Å². The molecule has 0 aliphatic rings. The molecule has 0 radical (unpaired) electrons. The first-order valence-electron chi connectivity index (χ1n) is 21.8. The lowest BCUT2D eigenvalue weighted by atomic mass is 9.86. The van der Waals surface area contributed by atoms with Crippen molar-refractivity contribution in [3.63, 3.8) is 0 Å². The van der Waals surface area contributed by atoms with Gasteiger partial charge in [-0.2, -0.15) is 0 Å². The molecular formula is C61H37N3. The van der Waals surface area contributed by atoms with E-state index >= 15 is 0 Å². The molecule has 64 heavy (non-hydrogen) atoms. The van der Waals surface area contributed by atoms with Gasteiger partial charge in [0.2, 0.25) is 0 Å². The number of hydrogen-bond acceptors (Lipinski definition) is 3. The zero-order valence-corrected chi connectivity index (χ0v) is 34.7. The second-order valence-corrected chi connectivity index (χ2v) is 16.7. The number of aromatic nitrogens is 3. The number of fused-ring (bicyclic) bond motifs is 2. The summed E-state index contributed by atoms with van der Waals surface area (Å²) < 4.78 is 0. The van der Waals surface area contributed by atoms with Crippen LogP contribution in [-0.2, 0) is 0 Å². The van der Waals surface area contributed by atoms with Crippen LogP contribution in [-0.4, -0.2) is 15.0 Å². The number of benzene rings is 11. The van der Waals surface area contributed by atoms with Gasteiger partial charge in [0.25, 0.3) is 0 Å². The van der Waals surface area contributed by atoms with Crippen molar-refractivity contribution >= 4 is 64.6 Å². The van der Waals surface area contributed by atoms with Crippen LogP contribution in [0.2, 0.25) is 0 Å². The Kier molecular flexibility index (Phi) is 8.22. The molecule has 0 spiro atoms. The maximum atomic E-state index is 5.06. The molecule has 13 rings (SSSR count). The molecule has 0 bridgehead atoms. The van der Waals surface area contributed by atoms with E-state index in [0.29, 0.717) is 17.5 Å². The second kappa shape index (κ2) is 14.5. The van der Waals surface area contributed by atoms with E-state index in [-0.39, 0.29) is 0 Å². The molecule has 0 aliphatic heterocycles. The molecule has 1 heterocycles. The van der Waals surface area contributed by atoms with Gasteiger partial charge in [-0.3, -0.25) is 0 Å². The molecule has 13 aromatic rings. The number of rotatable bonds is 6. The van der Waals surface area contributed by atoms with Crippen molar-refractivity contribution in [1.82, 2.24) is 15.0 Å².